The molecule has 2 N–H and O–H groups in total. The number of benzene rings is 1. The Morgan fingerprint density at radius 1 is 1.23 bits per heavy atom. The number of fused-ring (bicyclic) bond motifs is 2. The van der Waals surface area contributed by atoms with Crippen molar-refractivity contribution >= 4 is 22.7 Å². The van der Waals surface area contributed by atoms with E-state index in [0.29, 0.717) is 39.0 Å². The molecule has 5 heterocycles. The molecule has 2 aromatic heterocycles. The van der Waals surface area contributed by atoms with E-state index in [0.717, 1.165) is 72.9 Å². The summed E-state index contributed by atoms with van der Waals surface area (Å²) in [6, 6.07) is 10.1. The minimum Gasteiger partial charge on any atom is -0.480 e. The molecule has 0 spiro atoms. The molecule has 2 saturated heterocycles. The molecule has 2 unspecified atom stereocenters. The second-order valence-corrected chi connectivity index (χ2v) is 11.3. The van der Waals surface area contributed by atoms with E-state index < -0.39 is 12.0 Å². The third kappa shape index (κ3) is 5.66. The molecular weight excluding hydrogens is 494 g/mol. The zero-order valence-electron chi connectivity index (χ0n) is 22.7. The number of aliphatic carboxylic acids is 1. The minimum atomic E-state index is -0.833. The predicted molar refractivity (Wildman–Crippen MR) is 149 cm³/mol. The zero-order chi connectivity index (χ0) is 26.8. The van der Waals surface area contributed by atoms with Crippen molar-refractivity contribution in [1.29, 1.82) is 0 Å². The summed E-state index contributed by atoms with van der Waals surface area (Å²) in [6.07, 6.45) is 8.79. The number of aryl methyl sites for hydroxylation is 2. The van der Waals surface area contributed by atoms with Crippen LogP contribution >= 0.6 is 0 Å². The molecule has 39 heavy (non-hydrogen) atoms. The van der Waals surface area contributed by atoms with Gasteiger partial charge in [0.1, 0.15) is 11.9 Å². The Bertz CT molecular complexity index is 1300. The number of pyridine rings is 1. The Kier molecular flexibility index (Phi) is 7.81. The van der Waals surface area contributed by atoms with Gasteiger partial charge >= 0.3 is 5.97 Å². The van der Waals surface area contributed by atoms with Crippen LogP contribution in [0.15, 0.2) is 36.5 Å². The maximum atomic E-state index is 12.6. The maximum absolute atomic E-state index is 12.6. The number of ether oxygens (including phenoxy) is 2. The smallest absolute Gasteiger partial charge is 0.325 e. The molecule has 3 aromatic rings. The molecular formula is C30H39N5O4. The number of rotatable bonds is 10. The van der Waals surface area contributed by atoms with Crippen molar-refractivity contribution in [3.63, 3.8) is 0 Å². The molecule has 6 rings (SSSR count). The normalized spacial score (nSPS) is 24.1. The fourth-order valence-electron chi connectivity index (χ4n) is 6.28. The van der Waals surface area contributed by atoms with Crippen LogP contribution in [0.5, 0.6) is 0 Å². The first kappa shape index (κ1) is 26.2. The highest BCUT2D eigenvalue weighted by Crippen LogP contribution is 2.34. The monoisotopic (exact) mass is 533 g/mol. The van der Waals surface area contributed by atoms with E-state index in [9.17, 15) is 9.90 Å². The molecule has 208 valence electrons. The average Bonchev–Trinajstić information content (AvgIpc) is 3.70. The third-order valence-corrected chi connectivity index (χ3v) is 8.42. The number of hydrogen-bond donors (Lipinski definition) is 2. The number of aromatic nitrogens is 3. The largest absolute Gasteiger partial charge is 0.480 e. The van der Waals surface area contributed by atoms with Crippen molar-refractivity contribution in [2.45, 2.75) is 76.1 Å². The summed E-state index contributed by atoms with van der Waals surface area (Å²) < 4.78 is 13.8. The van der Waals surface area contributed by atoms with Gasteiger partial charge in [-0.05, 0) is 63.5 Å². The Labute approximate surface area is 229 Å². The summed E-state index contributed by atoms with van der Waals surface area (Å²) in [5, 5.41) is 19.4. The van der Waals surface area contributed by atoms with Crippen LogP contribution in [0.4, 0.5) is 5.82 Å². The lowest BCUT2D eigenvalue weighted by atomic mass is 10.0. The van der Waals surface area contributed by atoms with Crippen molar-refractivity contribution in [1.82, 2.24) is 19.7 Å². The highest BCUT2D eigenvalue weighted by Gasteiger charge is 2.36. The van der Waals surface area contributed by atoms with Crippen LogP contribution in [0.1, 0.15) is 67.9 Å². The minimum absolute atomic E-state index is 0.0479. The number of carbonyl (C=O) groups is 1. The predicted octanol–water partition coefficient (Wildman–Crippen LogP) is 4.38. The Morgan fingerprint density at radius 2 is 2.15 bits per heavy atom. The first-order valence-corrected chi connectivity index (χ1v) is 14.4. The quantitative estimate of drug-likeness (QED) is 0.370. The van der Waals surface area contributed by atoms with E-state index in [1.54, 1.807) is 0 Å². The van der Waals surface area contributed by atoms with E-state index >= 15 is 0 Å². The number of nitrogens with zero attached hydrogens (tertiary/aromatic N) is 4. The lowest BCUT2D eigenvalue weighted by molar-refractivity contribution is -0.143. The van der Waals surface area contributed by atoms with Gasteiger partial charge in [-0.3, -0.25) is 14.4 Å². The van der Waals surface area contributed by atoms with Gasteiger partial charge in [-0.1, -0.05) is 24.3 Å². The van der Waals surface area contributed by atoms with Crippen molar-refractivity contribution in [2.75, 3.05) is 38.2 Å². The number of para-hydroxylation sites is 1. The average molecular weight is 534 g/mol. The molecule has 0 amide bonds. The van der Waals surface area contributed by atoms with Gasteiger partial charge in [-0.15, -0.1) is 0 Å². The van der Waals surface area contributed by atoms with E-state index in [2.05, 4.69) is 34.4 Å². The van der Waals surface area contributed by atoms with E-state index in [1.807, 2.05) is 29.1 Å². The third-order valence-electron chi connectivity index (χ3n) is 8.42. The van der Waals surface area contributed by atoms with E-state index in [-0.39, 0.29) is 12.1 Å². The lowest BCUT2D eigenvalue weighted by Crippen LogP contribution is -2.34. The summed E-state index contributed by atoms with van der Waals surface area (Å²) in [4.78, 5) is 19.5. The molecule has 1 aromatic carbocycles. The van der Waals surface area contributed by atoms with E-state index in [4.69, 9.17) is 14.5 Å². The topological polar surface area (TPSA) is 102 Å². The Hall–Kier alpha value is -3.01. The Morgan fingerprint density at radius 3 is 3.00 bits per heavy atom. The van der Waals surface area contributed by atoms with Crippen LogP contribution in [0.3, 0.4) is 0 Å². The number of likely N-dealkylation sites (tertiary alicyclic amines) is 1. The van der Waals surface area contributed by atoms with Gasteiger partial charge in [0.05, 0.1) is 30.5 Å². The van der Waals surface area contributed by atoms with Crippen LogP contribution in [-0.4, -0.2) is 75.8 Å². The van der Waals surface area contributed by atoms with Crippen LogP contribution in [0.25, 0.3) is 10.9 Å². The summed E-state index contributed by atoms with van der Waals surface area (Å²) in [7, 11) is 0. The van der Waals surface area contributed by atoms with Crippen molar-refractivity contribution in [2.24, 2.45) is 0 Å². The fourth-order valence-corrected chi connectivity index (χ4v) is 6.28. The SMILES string of the molecule is CC1CCc2ccc(CCCCO[C@@H]3CCN(C(C(=O)O)c4cccc5cnn([C@H]6CCOC6)c45)C3)nc2N1. The van der Waals surface area contributed by atoms with Crippen LogP contribution in [-0.2, 0) is 27.1 Å². The van der Waals surface area contributed by atoms with Crippen LogP contribution in [0, 0.1) is 0 Å². The van der Waals surface area contributed by atoms with Gasteiger partial charge in [0.15, 0.2) is 0 Å². The van der Waals surface area contributed by atoms with Crippen molar-refractivity contribution in [3.05, 3.63) is 53.3 Å². The van der Waals surface area contributed by atoms with Crippen molar-refractivity contribution in [3.8, 4) is 0 Å². The van der Waals surface area contributed by atoms with Gasteiger partial charge < -0.3 is 19.9 Å². The number of anilines is 1. The Balaban J connectivity index is 1.04. The summed E-state index contributed by atoms with van der Waals surface area (Å²) in [6.45, 7) is 5.52. The van der Waals surface area contributed by atoms with Crippen LogP contribution < -0.4 is 5.32 Å². The van der Waals surface area contributed by atoms with Gasteiger partial charge in [0, 0.05) is 49.0 Å². The number of carboxylic acid groups (broad SMARTS) is 1. The number of carboxylic acids is 1. The summed E-state index contributed by atoms with van der Waals surface area (Å²) in [5.41, 5.74) is 4.15. The molecule has 2 fully saturated rings. The second kappa shape index (κ2) is 11.6. The molecule has 4 atom stereocenters. The highest BCUT2D eigenvalue weighted by atomic mass is 16.5. The molecule has 3 aliphatic rings. The highest BCUT2D eigenvalue weighted by molar-refractivity contribution is 5.88. The molecule has 0 saturated carbocycles. The van der Waals surface area contributed by atoms with Gasteiger partial charge in [0.2, 0.25) is 0 Å². The van der Waals surface area contributed by atoms with E-state index in [1.165, 1.54) is 5.56 Å². The fraction of sp³-hybridized carbons (Fsp3) is 0.567. The first-order chi connectivity index (χ1) is 19.1. The van der Waals surface area contributed by atoms with Crippen LogP contribution in [0.2, 0.25) is 0 Å². The molecule has 0 radical (unpaired) electrons. The van der Waals surface area contributed by atoms with Gasteiger partial charge in [0.25, 0.3) is 0 Å². The van der Waals surface area contributed by atoms with Gasteiger partial charge in [-0.2, -0.15) is 5.10 Å². The number of unbranched alkanes of at least 4 members (excludes halogenated alkanes) is 1. The number of nitrogens with one attached hydrogen (secondary N) is 1. The van der Waals surface area contributed by atoms with Crippen molar-refractivity contribution < 1.29 is 19.4 Å². The molecule has 0 aliphatic carbocycles. The standard InChI is InChI=1S/C30H39N5O4/c1-20-8-9-21-10-11-23(33-29(21)32-20)6-2-3-15-39-25-12-14-34(18-25)28(30(36)37)26-7-4-5-22-17-31-35(27(22)26)24-13-16-38-19-24/h4-5,7,10-11,17,20,24-25,28H,2-3,6,8-9,12-16,18-19H2,1H3,(H,32,33)(H,36,37)/t20?,24-,25+,28?/m0/s1. The maximum Gasteiger partial charge on any atom is 0.325 e. The molecule has 9 heteroatoms. The molecule has 3 aliphatic heterocycles. The molecule has 9 nitrogen and oxygen atoms in total. The summed E-state index contributed by atoms with van der Waals surface area (Å²) in [5.74, 6) is 0.219. The first-order valence-electron chi connectivity index (χ1n) is 14.4. The summed E-state index contributed by atoms with van der Waals surface area (Å²) >= 11 is 0. The molecule has 0 bridgehead atoms. The van der Waals surface area contributed by atoms with Gasteiger partial charge in [-0.25, -0.2) is 4.98 Å². The lowest BCUT2D eigenvalue weighted by Gasteiger charge is -2.26. The zero-order valence-corrected chi connectivity index (χ0v) is 22.7. The number of hydrogen-bond acceptors (Lipinski definition) is 7. The second-order valence-electron chi connectivity index (χ2n) is 11.3.